The maximum absolute atomic E-state index is 13.2. The summed E-state index contributed by atoms with van der Waals surface area (Å²) in [5.74, 6) is 5.95. The summed E-state index contributed by atoms with van der Waals surface area (Å²) in [6, 6.07) is 4.56. The summed E-state index contributed by atoms with van der Waals surface area (Å²) in [6.07, 6.45) is 1.17. The maximum Gasteiger partial charge on any atom is 0.573 e. The lowest BCUT2D eigenvalue weighted by Gasteiger charge is -2.40. The number of aliphatic hydroxyl groups is 1. The van der Waals surface area contributed by atoms with Gasteiger partial charge in [0.05, 0.1) is 10.5 Å². The number of unbranched alkanes of at least 4 members (excludes halogenated alkanes) is 2. The molecular weight excluding hydrogens is 453 g/mol. The normalized spacial score (nSPS) is 20.3. The Balaban J connectivity index is 1.66. The van der Waals surface area contributed by atoms with Gasteiger partial charge in [0.25, 0.3) is 0 Å². The first kappa shape index (κ1) is 26.0. The SMILES string of the molecule is CC1CCN(C2CCN(S(=O)c3ccc(OC(F)(F)F)c(C#CCCCCO)c3)CC2)CC1. The van der Waals surface area contributed by atoms with Crippen LogP contribution < -0.4 is 4.74 Å². The first-order valence-electron chi connectivity index (χ1n) is 11.7. The average Bonchev–Trinajstić information content (AvgIpc) is 2.79. The predicted molar refractivity (Wildman–Crippen MR) is 122 cm³/mol. The molecule has 184 valence electrons. The van der Waals surface area contributed by atoms with E-state index in [0.717, 1.165) is 31.8 Å². The molecule has 2 fully saturated rings. The first-order valence-corrected chi connectivity index (χ1v) is 12.8. The molecule has 5 nitrogen and oxygen atoms in total. The number of alkyl halides is 3. The minimum Gasteiger partial charge on any atom is -0.404 e. The lowest BCUT2D eigenvalue weighted by Crippen LogP contribution is -2.47. The summed E-state index contributed by atoms with van der Waals surface area (Å²) < 4.78 is 57.6. The molecule has 2 aliphatic heterocycles. The van der Waals surface area contributed by atoms with E-state index in [9.17, 15) is 17.4 Å². The number of halogens is 3. The average molecular weight is 487 g/mol. The molecule has 0 aromatic heterocycles. The Hall–Kier alpha value is -1.60. The second kappa shape index (κ2) is 12.2. The van der Waals surface area contributed by atoms with Crippen molar-refractivity contribution in [2.75, 3.05) is 32.8 Å². The van der Waals surface area contributed by atoms with Crippen molar-refractivity contribution in [2.45, 2.75) is 69.2 Å². The molecule has 2 saturated heterocycles. The molecule has 0 aliphatic carbocycles. The van der Waals surface area contributed by atoms with Gasteiger partial charge in [-0.15, -0.1) is 13.2 Å². The molecule has 1 aromatic rings. The zero-order valence-corrected chi connectivity index (χ0v) is 19.9. The Morgan fingerprint density at radius 1 is 1.12 bits per heavy atom. The van der Waals surface area contributed by atoms with Gasteiger partial charge in [-0.25, -0.2) is 8.51 Å². The Kier molecular flexibility index (Phi) is 9.62. The van der Waals surface area contributed by atoms with Crippen molar-refractivity contribution in [3.8, 4) is 17.6 Å². The van der Waals surface area contributed by atoms with E-state index in [1.165, 1.54) is 31.0 Å². The van der Waals surface area contributed by atoms with Gasteiger partial charge in [0, 0.05) is 32.2 Å². The third-order valence-corrected chi connectivity index (χ3v) is 7.80. The maximum atomic E-state index is 13.2. The molecule has 1 unspecified atom stereocenters. The van der Waals surface area contributed by atoms with Crippen LogP contribution in [0.1, 0.15) is 57.4 Å². The van der Waals surface area contributed by atoms with Crippen LogP contribution in [0.4, 0.5) is 13.2 Å². The van der Waals surface area contributed by atoms with Crippen LogP contribution in [-0.4, -0.2) is 63.7 Å². The van der Waals surface area contributed by atoms with Crippen LogP contribution >= 0.6 is 0 Å². The molecule has 0 spiro atoms. The third kappa shape index (κ3) is 7.99. The molecule has 2 heterocycles. The van der Waals surface area contributed by atoms with Crippen molar-refractivity contribution in [3.63, 3.8) is 0 Å². The standard InChI is InChI=1S/C24H33F3N2O3S/c1-19-9-13-28(14-10-19)21-11-15-29(16-12-21)33(31)22-7-8-23(32-24(25,26)27)20(18-22)6-4-2-3-5-17-30/h7-8,18-19,21,30H,2-3,5,9-17H2,1H3. The molecule has 0 saturated carbocycles. The third-order valence-electron chi connectivity index (χ3n) is 6.30. The van der Waals surface area contributed by atoms with E-state index in [-0.39, 0.29) is 12.2 Å². The molecule has 33 heavy (non-hydrogen) atoms. The van der Waals surface area contributed by atoms with E-state index in [2.05, 4.69) is 28.4 Å². The van der Waals surface area contributed by atoms with Gasteiger partial charge in [0.2, 0.25) is 0 Å². The lowest BCUT2D eigenvalue weighted by molar-refractivity contribution is -0.274. The summed E-state index contributed by atoms with van der Waals surface area (Å²) in [4.78, 5) is 2.98. The van der Waals surface area contributed by atoms with Gasteiger partial charge < -0.3 is 14.7 Å². The predicted octanol–water partition coefficient (Wildman–Crippen LogP) is 4.32. The molecule has 0 bridgehead atoms. The number of hydrogen-bond acceptors (Lipinski definition) is 4. The molecular formula is C24H33F3N2O3S. The molecule has 1 atom stereocenters. The highest BCUT2D eigenvalue weighted by atomic mass is 32.2. The van der Waals surface area contributed by atoms with Crippen molar-refractivity contribution in [1.82, 2.24) is 9.21 Å². The zero-order valence-electron chi connectivity index (χ0n) is 19.1. The fourth-order valence-corrected chi connectivity index (χ4v) is 5.57. The highest BCUT2D eigenvalue weighted by Crippen LogP contribution is 2.30. The van der Waals surface area contributed by atoms with Crippen LogP contribution in [0.25, 0.3) is 0 Å². The number of piperidine rings is 2. The van der Waals surface area contributed by atoms with E-state index in [1.54, 1.807) is 0 Å². The second-order valence-corrected chi connectivity index (χ2v) is 10.3. The van der Waals surface area contributed by atoms with E-state index in [1.807, 2.05) is 4.31 Å². The van der Waals surface area contributed by atoms with Crippen molar-refractivity contribution >= 4 is 11.0 Å². The molecule has 1 aromatic carbocycles. The summed E-state index contributed by atoms with van der Waals surface area (Å²) in [6.45, 7) is 5.96. The number of likely N-dealkylation sites (tertiary alicyclic amines) is 1. The van der Waals surface area contributed by atoms with Gasteiger partial charge in [-0.3, -0.25) is 0 Å². The van der Waals surface area contributed by atoms with Gasteiger partial charge in [-0.1, -0.05) is 18.8 Å². The van der Waals surface area contributed by atoms with Crippen molar-refractivity contribution in [2.24, 2.45) is 5.92 Å². The van der Waals surface area contributed by atoms with Gasteiger partial charge in [-0.05, 0) is 75.7 Å². The molecule has 9 heteroatoms. The number of ether oxygens (including phenoxy) is 1. The Morgan fingerprint density at radius 3 is 2.45 bits per heavy atom. The Bertz CT molecular complexity index is 853. The van der Waals surface area contributed by atoms with Gasteiger partial charge in [-0.2, -0.15) is 0 Å². The van der Waals surface area contributed by atoms with Crippen LogP contribution in [-0.2, 0) is 11.0 Å². The van der Waals surface area contributed by atoms with Gasteiger partial charge in [0.1, 0.15) is 16.7 Å². The Morgan fingerprint density at radius 2 is 1.82 bits per heavy atom. The minimum atomic E-state index is -4.83. The largest absolute Gasteiger partial charge is 0.573 e. The fourth-order valence-electron chi connectivity index (χ4n) is 4.33. The van der Waals surface area contributed by atoms with Crippen molar-refractivity contribution in [1.29, 1.82) is 0 Å². The van der Waals surface area contributed by atoms with Crippen molar-refractivity contribution in [3.05, 3.63) is 23.8 Å². The van der Waals surface area contributed by atoms with Crippen LogP contribution in [0.5, 0.6) is 5.75 Å². The number of aliphatic hydroxyl groups excluding tert-OH is 1. The van der Waals surface area contributed by atoms with Gasteiger partial charge >= 0.3 is 6.36 Å². The minimum absolute atomic E-state index is 0.0478. The van der Waals surface area contributed by atoms with E-state index in [0.29, 0.717) is 43.3 Å². The highest BCUT2D eigenvalue weighted by molar-refractivity contribution is 7.82. The molecule has 3 rings (SSSR count). The number of benzene rings is 1. The van der Waals surface area contributed by atoms with Crippen LogP contribution in [0.2, 0.25) is 0 Å². The second-order valence-electron chi connectivity index (χ2n) is 8.82. The fraction of sp³-hybridized carbons (Fsp3) is 0.667. The quantitative estimate of drug-likeness (QED) is 0.461. The van der Waals surface area contributed by atoms with E-state index in [4.69, 9.17) is 5.11 Å². The summed E-state index contributed by atoms with van der Waals surface area (Å²) >= 11 is 0. The van der Waals surface area contributed by atoms with Crippen LogP contribution in [0, 0.1) is 17.8 Å². The molecule has 0 radical (unpaired) electrons. The Labute approximate surface area is 196 Å². The van der Waals surface area contributed by atoms with Crippen LogP contribution in [0.15, 0.2) is 23.1 Å². The van der Waals surface area contributed by atoms with E-state index < -0.39 is 23.1 Å². The molecule has 0 amide bonds. The summed E-state index contributed by atoms with van der Waals surface area (Å²) in [7, 11) is -1.47. The number of hydrogen-bond donors (Lipinski definition) is 1. The monoisotopic (exact) mass is 486 g/mol. The zero-order chi connectivity index (χ0) is 23.8. The highest BCUT2D eigenvalue weighted by Gasteiger charge is 2.33. The topological polar surface area (TPSA) is 53.0 Å². The summed E-state index contributed by atoms with van der Waals surface area (Å²) in [5, 5.41) is 8.84. The molecule has 1 N–H and O–H groups in total. The molecule has 2 aliphatic rings. The first-order chi connectivity index (χ1) is 15.8. The van der Waals surface area contributed by atoms with E-state index >= 15 is 0 Å². The number of rotatable bonds is 7. The number of nitrogens with zero attached hydrogens (tertiary/aromatic N) is 2. The van der Waals surface area contributed by atoms with Crippen LogP contribution in [0.3, 0.4) is 0 Å². The lowest BCUT2D eigenvalue weighted by atomic mass is 9.95. The van der Waals surface area contributed by atoms with Gasteiger partial charge in [0.15, 0.2) is 0 Å². The van der Waals surface area contributed by atoms with Crippen molar-refractivity contribution < 1.29 is 27.2 Å². The smallest absolute Gasteiger partial charge is 0.404 e. The summed E-state index contributed by atoms with van der Waals surface area (Å²) in [5.41, 5.74) is 0.0690.